The first kappa shape index (κ1) is 39.3. The maximum atomic E-state index is 12.2. The van der Waals surface area contributed by atoms with Crippen LogP contribution in [-0.2, 0) is 37.8 Å². The van der Waals surface area contributed by atoms with Crippen LogP contribution in [0, 0.1) is 17.8 Å². The van der Waals surface area contributed by atoms with Crippen molar-refractivity contribution in [3.8, 4) is 5.75 Å². The fourth-order valence-corrected chi connectivity index (χ4v) is 8.81. The van der Waals surface area contributed by atoms with Crippen molar-refractivity contribution in [1.29, 1.82) is 0 Å². The molecule has 2 bridgehead atoms. The molecule has 0 spiro atoms. The molecule has 288 valence electrons. The summed E-state index contributed by atoms with van der Waals surface area (Å²) in [5.74, 6) is 1.47. The minimum atomic E-state index is -0.936. The highest BCUT2D eigenvalue weighted by Crippen LogP contribution is 2.45. The average molecular weight is 731 g/mol. The first-order valence-electron chi connectivity index (χ1n) is 19.7. The number of hydrogen-bond acceptors (Lipinski definition) is 8. The molecule has 1 amide bonds. The number of fused-ring (bicyclic) bond motifs is 3. The minimum absolute atomic E-state index is 0.0507. The monoisotopic (exact) mass is 730 g/mol. The van der Waals surface area contributed by atoms with Gasteiger partial charge in [0.05, 0.1) is 57.9 Å². The van der Waals surface area contributed by atoms with E-state index in [1.54, 1.807) is 12.1 Å². The second kappa shape index (κ2) is 18.8. The van der Waals surface area contributed by atoms with Crippen molar-refractivity contribution in [3.05, 3.63) is 95.1 Å². The number of carbonyl (C=O) groups excluding carboxylic acids is 1. The van der Waals surface area contributed by atoms with E-state index in [4.69, 9.17) is 14.2 Å². The number of nitrogens with one attached hydrogen (secondary N) is 2. The lowest BCUT2D eigenvalue weighted by Gasteiger charge is -2.52. The molecule has 3 heterocycles. The van der Waals surface area contributed by atoms with Crippen molar-refractivity contribution in [1.82, 2.24) is 5.32 Å². The number of anilines is 1. The molecule has 7 rings (SSSR count). The highest BCUT2D eigenvalue weighted by Gasteiger charge is 2.48. The zero-order valence-electron chi connectivity index (χ0n) is 31.3. The number of nitrogens with zero attached hydrogens (tertiary/aromatic N) is 1. The molecule has 0 radical (unpaired) electrons. The summed E-state index contributed by atoms with van der Waals surface area (Å²) in [6, 6.07) is 23.2. The molecule has 4 aliphatic rings. The molecular weight excluding hydrogens is 670 g/mol. The van der Waals surface area contributed by atoms with Gasteiger partial charge in [-0.25, -0.2) is 0 Å². The normalized spacial score (nSPS) is 25.6. The molecule has 0 aromatic heterocycles. The van der Waals surface area contributed by atoms with Crippen LogP contribution in [0.5, 0.6) is 5.75 Å². The van der Waals surface area contributed by atoms with Crippen molar-refractivity contribution in [2.24, 2.45) is 17.8 Å². The predicted molar refractivity (Wildman–Crippen MR) is 205 cm³/mol. The quantitative estimate of drug-likeness (QED) is 0.0412. The molecule has 3 aliphatic heterocycles. The Morgan fingerprint density at radius 3 is 2.34 bits per heavy atom. The van der Waals surface area contributed by atoms with E-state index in [-0.39, 0.29) is 23.5 Å². The van der Waals surface area contributed by atoms with Crippen molar-refractivity contribution < 1.29 is 38.8 Å². The number of aromatic hydroxyl groups is 1. The highest BCUT2D eigenvalue weighted by atomic mass is 16.5. The van der Waals surface area contributed by atoms with E-state index in [1.165, 1.54) is 44.8 Å². The van der Waals surface area contributed by atoms with E-state index >= 15 is 0 Å². The van der Waals surface area contributed by atoms with Gasteiger partial charge in [0.1, 0.15) is 30.5 Å². The van der Waals surface area contributed by atoms with Gasteiger partial charge in [-0.3, -0.25) is 4.79 Å². The number of aliphatic hydroxyl groups excluding tert-OH is 1. The maximum absolute atomic E-state index is 12.2. The van der Waals surface area contributed by atoms with Crippen molar-refractivity contribution in [3.63, 3.8) is 0 Å². The fraction of sp³-hybridized carbons (Fsp3) is 0.558. The summed E-state index contributed by atoms with van der Waals surface area (Å²) in [6.45, 7) is 10.2. The average Bonchev–Trinajstić information content (AvgIpc) is 3.69. The molecule has 3 aromatic rings. The summed E-state index contributed by atoms with van der Waals surface area (Å²) in [7, 11) is 0. The number of piperidine rings is 3. The Morgan fingerprint density at radius 1 is 0.943 bits per heavy atom. The van der Waals surface area contributed by atoms with Gasteiger partial charge in [0.25, 0.3) is 0 Å². The molecule has 4 fully saturated rings. The van der Waals surface area contributed by atoms with Crippen molar-refractivity contribution >= 4 is 12.1 Å². The fourth-order valence-electron chi connectivity index (χ4n) is 8.81. The van der Waals surface area contributed by atoms with E-state index in [1.807, 2.05) is 18.2 Å². The summed E-state index contributed by atoms with van der Waals surface area (Å²) in [6.07, 6.45) is 6.76. The SMILES string of the molecule is CCC1CCC([C@@](O)(CO[C@H]2C[N+]3(CCOCc4ccc(COCCNC[C@H](O)c5ccc(O)c(NC=O)c5)cc4)CCC2CC3)c2ccccc2)C1. The molecule has 10 heteroatoms. The first-order chi connectivity index (χ1) is 25.8. The molecule has 3 saturated heterocycles. The Labute approximate surface area is 315 Å². The summed E-state index contributed by atoms with van der Waals surface area (Å²) >= 11 is 0. The number of hydrogen-bond donors (Lipinski definition) is 5. The van der Waals surface area contributed by atoms with Gasteiger partial charge in [0, 0.05) is 31.8 Å². The second-order valence-corrected chi connectivity index (χ2v) is 15.6. The number of ether oxygens (including phenoxy) is 3. The Morgan fingerprint density at radius 2 is 1.66 bits per heavy atom. The molecule has 1 aliphatic carbocycles. The van der Waals surface area contributed by atoms with E-state index < -0.39 is 11.7 Å². The standard InChI is InChI=1S/C43H59N3O7/c1-2-32-12-14-38(24-32)43(50,37-6-4-3-5-7-37)30-53-42-27-46(19-16-35(42)17-20-46)21-23-52-29-34-10-8-33(9-11-34)28-51-22-18-44-26-41(49)36-13-15-40(48)39(25-36)45-31-47/h3-11,13,15,25,31-32,35,38,41-42,44,49-50H,2,12,14,16-24,26-30H2,1H3,(H-,45,47,48)/p+1/t32?,35?,38?,41-,42-,43+,46?/m0/s1. The summed E-state index contributed by atoms with van der Waals surface area (Å²) in [4.78, 5) is 10.7. The van der Waals surface area contributed by atoms with Crippen LogP contribution in [0.3, 0.4) is 0 Å². The summed E-state index contributed by atoms with van der Waals surface area (Å²) in [5, 5.41) is 38.1. The number of amides is 1. The van der Waals surface area contributed by atoms with E-state index in [0.29, 0.717) is 69.9 Å². The van der Waals surface area contributed by atoms with Crippen LogP contribution in [-0.4, -0.2) is 91.4 Å². The van der Waals surface area contributed by atoms with Gasteiger partial charge >= 0.3 is 0 Å². The van der Waals surface area contributed by atoms with Gasteiger partial charge in [0.2, 0.25) is 6.41 Å². The lowest BCUT2D eigenvalue weighted by Crippen LogP contribution is -2.65. The molecule has 3 aromatic carbocycles. The zero-order chi connectivity index (χ0) is 37.1. The summed E-state index contributed by atoms with van der Waals surface area (Å²) in [5.41, 5.74) is 3.15. The van der Waals surface area contributed by atoms with Crippen LogP contribution in [0.15, 0.2) is 72.8 Å². The molecule has 5 atom stereocenters. The number of carbonyl (C=O) groups is 1. The highest BCUT2D eigenvalue weighted by molar-refractivity contribution is 5.75. The Bertz CT molecular complexity index is 1570. The number of quaternary nitrogens is 1. The molecule has 5 N–H and O–H groups in total. The molecular formula is C43H60N3O7+. The van der Waals surface area contributed by atoms with Gasteiger partial charge in [0.15, 0.2) is 0 Å². The van der Waals surface area contributed by atoms with Crippen LogP contribution in [0.2, 0.25) is 0 Å². The van der Waals surface area contributed by atoms with Crippen LogP contribution in [0.25, 0.3) is 0 Å². The third-order valence-corrected chi connectivity index (χ3v) is 12.3. The summed E-state index contributed by atoms with van der Waals surface area (Å²) < 4.78 is 19.9. The topological polar surface area (TPSA) is 130 Å². The van der Waals surface area contributed by atoms with E-state index in [0.717, 1.165) is 47.1 Å². The first-order valence-corrected chi connectivity index (χ1v) is 19.7. The third kappa shape index (κ3) is 10.2. The number of phenolic OH excluding ortho intramolecular Hbond substituents is 1. The van der Waals surface area contributed by atoms with Crippen LogP contribution >= 0.6 is 0 Å². The van der Waals surface area contributed by atoms with Gasteiger partial charge < -0.3 is 44.6 Å². The maximum Gasteiger partial charge on any atom is 0.211 e. The van der Waals surface area contributed by atoms with Gasteiger partial charge in [-0.2, -0.15) is 0 Å². The molecule has 10 nitrogen and oxygen atoms in total. The molecule has 2 unspecified atom stereocenters. The second-order valence-electron chi connectivity index (χ2n) is 15.6. The Balaban J connectivity index is 0.885. The lowest BCUT2D eigenvalue weighted by molar-refractivity contribution is -0.946. The Kier molecular flexibility index (Phi) is 14.0. The third-order valence-electron chi connectivity index (χ3n) is 12.3. The number of aliphatic hydroxyl groups is 2. The number of phenols is 1. The predicted octanol–water partition coefficient (Wildman–Crippen LogP) is 5.66. The lowest BCUT2D eigenvalue weighted by atomic mass is 9.79. The van der Waals surface area contributed by atoms with E-state index in [9.17, 15) is 20.1 Å². The van der Waals surface area contributed by atoms with Crippen LogP contribution in [0.4, 0.5) is 5.69 Å². The van der Waals surface area contributed by atoms with Gasteiger partial charge in [-0.05, 0) is 59.1 Å². The minimum Gasteiger partial charge on any atom is -0.506 e. The smallest absolute Gasteiger partial charge is 0.211 e. The number of benzene rings is 3. The van der Waals surface area contributed by atoms with Gasteiger partial charge in [-0.15, -0.1) is 0 Å². The van der Waals surface area contributed by atoms with Crippen LogP contribution in [0.1, 0.15) is 73.8 Å². The molecule has 1 saturated carbocycles. The van der Waals surface area contributed by atoms with Crippen molar-refractivity contribution in [2.75, 3.05) is 64.4 Å². The molecule has 53 heavy (non-hydrogen) atoms. The van der Waals surface area contributed by atoms with E-state index in [2.05, 4.69) is 54.0 Å². The largest absolute Gasteiger partial charge is 0.506 e. The van der Waals surface area contributed by atoms with Gasteiger partial charge in [-0.1, -0.05) is 80.4 Å². The zero-order valence-corrected chi connectivity index (χ0v) is 31.3. The van der Waals surface area contributed by atoms with Crippen molar-refractivity contribution in [2.45, 2.75) is 76.5 Å². The number of rotatable bonds is 21. The Hall–Kier alpha value is -3.35. The van der Waals surface area contributed by atoms with Crippen LogP contribution < -0.4 is 10.6 Å².